The van der Waals surface area contributed by atoms with Gasteiger partial charge in [-0.15, -0.1) is 0 Å². The number of hydrogen-bond acceptors (Lipinski definition) is 4. The first kappa shape index (κ1) is 25.8. The number of amides is 1. The number of rotatable bonds is 6. The molecule has 0 fully saturated rings. The molecule has 7 nitrogen and oxygen atoms in total. The van der Waals surface area contributed by atoms with Crippen molar-refractivity contribution in [2.24, 2.45) is 7.05 Å². The van der Waals surface area contributed by atoms with Gasteiger partial charge in [0.05, 0.1) is 29.1 Å². The van der Waals surface area contributed by atoms with Crippen molar-refractivity contribution in [2.75, 3.05) is 11.9 Å². The summed E-state index contributed by atoms with van der Waals surface area (Å²) >= 11 is 0. The van der Waals surface area contributed by atoms with Crippen molar-refractivity contribution in [3.05, 3.63) is 95.8 Å². The molecule has 2 N–H and O–H groups in total. The summed E-state index contributed by atoms with van der Waals surface area (Å²) in [5.74, 6) is -1.17. The molecular formula is C29H23F3N4O3. The first-order valence-corrected chi connectivity index (χ1v) is 12.1. The van der Waals surface area contributed by atoms with Crippen LogP contribution in [0, 0.1) is 0 Å². The Morgan fingerprint density at radius 2 is 1.77 bits per heavy atom. The van der Waals surface area contributed by atoms with Crippen molar-refractivity contribution < 1.29 is 27.5 Å². The standard InChI is InChI=1S/C29H23F3N4O3/c1-3-39-28(38)24-16-18-9-11-20(17-7-5-4-6-8-17)26(25(18)33-24)34-27(37)19-10-12-22(29(30,31)32)21(15-19)23-13-14-36(2)35-23/h4-16,33H,3H2,1-2H3,(H,34,37). The number of alkyl halides is 3. The third kappa shape index (κ3) is 5.13. The molecule has 0 aliphatic rings. The molecule has 3 aromatic carbocycles. The zero-order chi connectivity index (χ0) is 27.7. The van der Waals surface area contributed by atoms with Crippen LogP contribution in [0.3, 0.4) is 0 Å². The number of hydrogen-bond donors (Lipinski definition) is 2. The van der Waals surface area contributed by atoms with Crippen molar-refractivity contribution in [3.8, 4) is 22.4 Å². The number of carbonyl (C=O) groups excluding carboxylic acids is 2. The summed E-state index contributed by atoms with van der Waals surface area (Å²) in [7, 11) is 1.60. The second-order valence-electron chi connectivity index (χ2n) is 8.81. The highest BCUT2D eigenvalue weighted by Crippen LogP contribution is 2.38. The monoisotopic (exact) mass is 532 g/mol. The lowest BCUT2D eigenvalue weighted by atomic mass is 9.99. The van der Waals surface area contributed by atoms with E-state index in [0.29, 0.717) is 22.2 Å². The van der Waals surface area contributed by atoms with Gasteiger partial charge in [0.1, 0.15) is 5.69 Å². The maximum absolute atomic E-state index is 13.8. The number of anilines is 1. The number of nitrogens with zero attached hydrogens (tertiary/aromatic N) is 2. The third-order valence-corrected chi connectivity index (χ3v) is 6.19. The van der Waals surface area contributed by atoms with Crippen molar-refractivity contribution in [3.63, 3.8) is 0 Å². The quantitative estimate of drug-likeness (QED) is 0.239. The first-order valence-electron chi connectivity index (χ1n) is 12.1. The van der Waals surface area contributed by atoms with E-state index in [-0.39, 0.29) is 29.1 Å². The van der Waals surface area contributed by atoms with E-state index < -0.39 is 23.6 Å². The van der Waals surface area contributed by atoms with Crippen LogP contribution in [-0.2, 0) is 18.0 Å². The molecule has 5 aromatic rings. The average molecular weight is 533 g/mol. The largest absolute Gasteiger partial charge is 0.461 e. The lowest BCUT2D eigenvalue weighted by Crippen LogP contribution is -2.15. The Balaban J connectivity index is 1.61. The molecule has 10 heteroatoms. The zero-order valence-electron chi connectivity index (χ0n) is 21.0. The Morgan fingerprint density at radius 1 is 1.00 bits per heavy atom. The highest BCUT2D eigenvalue weighted by Gasteiger charge is 2.34. The molecule has 2 heterocycles. The van der Waals surface area contributed by atoms with E-state index >= 15 is 0 Å². The normalized spacial score (nSPS) is 11.5. The van der Waals surface area contributed by atoms with Crippen molar-refractivity contribution >= 4 is 28.5 Å². The molecule has 0 radical (unpaired) electrons. The summed E-state index contributed by atoms with van der Waals surface area (Å²) in [6.45, 7) is 1.89. The molecule has 5 rings (SSSR count). The Labute approximate surface area is 221 Å². The van der Waals surface area contributed by atoms with Crippen LogP contribution in [0.5, 0.6) is 0 Å². The summed E-state index contributed by atoms with van der Waals surface area (Å²) < 4.78 is 47.8. The van der Waals surface area contributed by atoms with E-state index in [9.17, 15) is 22.8 Å². The second-order valence-corrected chi connectivity index (χ2v) is 8.81. The molecule has 0 bridgehead atoms. The van der Waals surface area contributed by atoms with Gasteiger partial charge in [-0.05, 0) is 42.8 Å². The van der Waals surface area contributed by atoms with Gasteiger partial charge >= 0.3 is 12.1 Å². The Hall–Kier alpha value is -4.86. The van der Waals surface area contributed by atoms with Gasteiger partial charge in [0, 0.05) is 35.3 Å². The minimum atomic E-state index is -4.64. The van der Waals surface area contributed by atoms with Crippen LogP contribution in [0.25, 0.3) is 33.3 Å². The second kappa shape index (κ2) is 10.1. The van der Waals surface area contributed by atoms with Gasteiger partial charge in [0.15, 0.2) is 0 Å². The number of ether oxygens (including phenoxy) is 1. The highest BCUT2D eigenvalue weighted by atomic mass is 19.4. The van der Waals surface area contributed by atoms with E-state index in [4.69, 9.17) is 4.74 Å². The van der Waals surface area contributed by atoms with Crippen molar-refractivity contribution in [1.29, 1.82) is 0 Å². The van der Waals surface area contributed by atoms with Crippen LogP contribution < -0.4 is 5.32 Å². The van der Waals surface area contributed by atoms with Crippen molar-refractivity contribution in [2.45, 2.75) is 13.1 Å². The fraction of sp³-hybridized carbons (Fsp3) is 0.138. The fourth-order valence-electron chi connectivity index (χ4n) is 4.40. The Morgan fingerprint density at radius 3 is 2.44 bits per heavy atom. The zero-order valence-corrected chi connectivity index (χ0v) is 21.0. The van der Waals surface area contributed by atoms with E-state index in [2.05, 4.69) is 15.4 Å². The van der Waals surface area contributed by atoms with Crippen LogP contribution >= 0.6 is 0 Å². The number of benzene rings is 3. The predicted molar refractivity (Wildman–Crippen MR) is 141 cm³/mol. The average Bonchev–Trinajstić information content (AvgIpc) is 3.55. The van der Waals surface area contributed by atoms with E-state index in [1.165, 1.54) is 23.0 Å². The Kier molecular flexibility index (Phi) is 6.69. The molecule has 198 valence electrons. The number of H-pyrrole nitrogens is 1. The summed E-state index contributed by atoms with van der Waals surface area (Å²) in [6, 6.07) is 19.2. The Bertz CT molecular complexity index is 1690. The SMILES string of the molecule is CCOC(=O)c1cc2ccc(-c3ccccc3)c(NC(=O)c3ccc(C(F)(F)F)c(-c4ccn(C)n4)c3)c2[nH]1. The third-order valence-electron chi connectivity index (χ3n) is 6.19. The summed E-state index contributed by atoms with van der Waals surface area (Å²) in [4.78, 5) is 28.9. The minimum absolute atomic E-state index is 0.0110. The maximum Gasteiger partial charge on any atom is 0.417 e. The lowest BCUT2D eigenvalue weighted by Gasteiger charge is -2.15. The van der Waals surface area contributed by atoms with Gasteiger partial charge in [0.2, 0.25) is 0 Å². The molecule has 1 amide bonds. The lowest BCUT2D eigenvalue weighted by molar-refractivity contribution is -0.137. The summed E-state index contributed by atoms with van der Waals surface area (Å²) in [6.07, 6.45) is -3.11. The number of halogens is 3. The molecule has 0 atom stereocenters. The van der Waals surface area contributed by atoms with Crippen LogP contribution in [0.1, 0.15) is 33.3 Å². The number of carbonyl (C=O) groups is 2. The molecule has 0 spiro atoms. The van der Waals surface area contributed by atoms with Crippen LogP contribution in [0.15, 0.2) is 79.0 Å². The molecule has 0 saturated heterocycles. The van der Waals surface area contributed by atoms with Crippen LogP contribution in [0.4, 0.5) is 18.9 Å². The molecule has 0 saturated carbocycles. The molecule has 39 heavy (non-hydrogen) atoms. The van der Waals surface area contributed by atoms with E-state index in [1.807, 2.05) is 42.5 Å². The number of fused-ring (bicyclic) bond motifs is 1. The molecule has 0 aliphatic heterocycles. The van der Waals surface area contributed by atoms with Crippen LogP contribution in [-0.4, -0.2) is 33.2 Å². The van der Waals surface area contributed by atoms with E-state index in [1.54, 1.807) is 20.0 Å². The number of esters is 1. The van der Waals surface area contributed by atoms with Crippen molar-refractivity contribution in [1.82, 2.24) is 14.8 Å². The maximum atomic E-state index is 13.8. The molecule has 2 aromatic heterocycles. The van der Waals surface area contributed by atoms with Gasteiger partial charge < -0.3 is 15.0 Å². The van der Waals surface area contributed by atoms with Gasteiger partial charge in [-0.1, -0.05) is 42.5 Å². The van der Waals surface area contributed by atoms with E-state index in [0.717, 1.165) is 17.7 Å². The topological polar surface area (TPSA) is 89.0 Å². The fourth-order valence-corrected chi connectivity index (χ4v) is 4.40. The molecular weight excluding hydrogens is 509 g/mol. The van der Waals surface area contributed by atoms with Gasteiger partial charge in [-0.3, -0.25) is 9.48 Å². The molecule has 0 unspecified atom stereocenters. The van der Waals surface area contributed by atoms with Crippen LogP contribution in [0.2, 0.25) is 0 Å². The number of nitrogens with one attached hydrogen (secondary N) is 2. The smallest absolute Gasteiger partial charge is 0.417 e. The summed E-state index contributed by atoms with van der Waals surface area (Å²) in [5.41, 5.74) is 1.51. The van der Waals surface area contributed by atoms with Gasteiger partial charge in [-0.25, -0.2) is 4.79 Å². The number of aryl methyl sites for hydroxylation is 1. The predicted octanol–water partition coefficient (Wildman–Crippen LogP) is 6.68. The minimum Gasteiger partial charge on any atom is -0.461 e. The number of aromatic amines is 1. The molecule has 0 aliphatic carbocycles. The van der Waals surface area contributed by atoms with Gasteiger partial charge in [0.25, 0.3) is 5.91 Å². The summed E-state index contributed by atoms with van der Waals surface area (Å²) in [5, 5.41) is 7.62. The number of aromatic nitrogens is 3. The van der Waals surface area contributed by atoms with Gasteiger partial charge in [-0.2, -0.15) is 18.3 Å². The first-order chi connectivity index (χ1) is 18.7. The highest BCUT2D eigenvalue weighted by molar-refractivity contribution is 6.13.